The van der Waals surface area contributed by atoms with E-state index in [4.69, 9.17) is 0 Å². The number of aryl methyl sites for hydroxylation is 2. The molecule has 0 aromatic heterocycles. The molecule has 14 rings (SSSR count). The van der Waals surface area contributed by atoms with Crippen molar-refractivity contribution in [2.24, 2.45) is 0 Å². The van der Waals surface area contributed by atoms with Gasteiger partial charge in [-0.3, -0.25) is 0 Å². The van der Waals surface area contributed by atoms with Crippen molar-refractivity contribution < 1.29 is 71.5 Å². The molecule has 0 amide bonds. The molecule has 76 heavy (non-hydrogen) atoms. The van der Waals surface area contributed by atoms with Crippen LogP contribution in [0.4, 0.5) is 0 Å². The molecule has 0 saturated carbocycles. The fourth-order valence-electron chi connectivity index (χ4n) is 9.17. The van der Waals surface area contributed by atoms with E-state index in [0.717, 1.165) is 0 Å². The molecule has 0 aliphatic rings. The van der Waals surface area contributed by atoms with Crippen molar-refractivity contribution in [3.8, 4) is 0 Å². The van der Waals surface area contributed by atoms with Crippen LogP contribution in [-0.4, -0.2) is 10.9 Å². The summed E-state index contributed by atoms with van der Waals surface area (Å²) in [6.07, 6.45) is 0. The fraction of sp³-hybridized carbons (Fsp3) is 0.0286. The smallest absolute Gasteiger partial charge is 0.0771 e. The Labute approximate surface area is 491 Å². The third-order valence-electron chi connectivity index (χ3n) is 13.1. The van der Waals surface area contributed by atoms with Gasteiger partial charge in [0.15, 0.2) is 0 Å². The van der Waals surface area contributed by atoms with Gasteiger partial charge in [0.25, 0.3) is 0 Å². The maximum absolute atomic E-state index is 2.25. The third kappa shape index (κ3) is 15.1. The van der Waals surface area contributed by atoms with Gasteiger partial charge in [0.05, 0.1) is 0 Å². The van der Waals surface area contributed by atoms with Crippen LogP contribution in [0.2, 0.25) is 0 Å². The molecule has 0 aliphatic carbocycles. The van der Waals surface area contributed by atoms with Gasteiger partial charge in [-0.2, -0.15) is 23.3 Å². The summed E-state index contributed by atoms with van der Waals surface area (Å²) in [5.41, 5.74) is 1.83. The molecular formula is C70H56Cl2Si2Zr2-2. The average molecular weight is 1210 g/mol. The Morgan fingerprint density at radius 3 is 0.684 bits per heavy atom. The SMILES string of the molecule is Cc1c[cH-]c2ccccc12.Cc1c[cH-]c2ccccc12.[Cl-].[Cl-].[Zr+2]=[Si](c1ccccc1)c1ccccc1.[Zr+2]=[Si](c1ccccc1)c1ccccc1.c1ccc2c(c1)[cH-]c1ccccc12.c1ccc2c(c1)[cH-]c1ccccc12. The quantitative estimate of drug-likeness (QED) is 0.122. The van der Waals surface area contributed by atoms with Crippen molar-refractivity contribution in [3.05, 3.63) is 314 Å². The van der Waals surface area contributed by atoms with E-state index in [0.29, 0.717) is 0 Å². The van der Waals surface area contributed by atoms with E-state index in [1.807, 2.05) is 0 Å². The molecule has 0 atom stereocenters. The van der Waals surface area contributed by atoms with E-state index in [1.165, 1.54) is 96.5 Å². The van der Waals surface area contributed by atoms with E-state index >= 15 is 0 Å². The largest absolute Gasteiger partial charge is 0.126 e. The number of rotatable bonds is 4. The van der Waals surface area contributed by atoms with Gasteiger partial charge in [0, 0.05) is 0 Å². The summed E-state index contributed by atoms with van der Waals surface area (Å²) in [6.45, 7) is 4.28. The molecular weight excluding hydrogens is 1150 g/mol. The Balaban J connectivity index is 0.000000133. The van der Waals surface area contributed by atoms with E-state index in [1.54, 1.807) is 46.7 Å². The van der Waals surface area contributed by atoms with Gasteiger partial charge in [0.2, 0.25) is 0 Å². The summed E-state index contributed by atoms with van der Waals surface area (Å²) in [5.74, 6) is 0. The van der Waals surface area contributed by atoms with Crippen LogP contribution in [-0.2, 0) is 46.7 Å². The molecule has 0 spiro atoms. The van der Waals surface area contributed by atoms with Crippen molar-refractivity contribution >= 4 is 96.2 Å². The van der Waals surface area contributed by atoms with Crippen LogP contribution in [0.1, 0.15) is 11.1 Å². The van der Waals surface area contributed by atoms with E-state index in [-0.39, 0.29) is 24.8 Å². The summed E-state index contributed by atoms with van der Waals surface area (Å²) in [6, 6.07) is 107. The second-order valence-corrected chi connectivity index (χ2v) is 29.2. The zero-order valence-electron chi connectivity index (χ0n) is 42.6. The molecule has 0 heterocycles. The van der Waals surface area contributed by atoms with Crippen molar-refractivity contribution in [2.45, 2.75) is 13.8 Å². The molecule has 0 saturated heterocycles. The van der Waals surface area contributed by atoms with E-state index < -0.39 is 10.9 Å². The van der Waals surface area contributed by atoms with E-state index in [2.05, 4.69) is 317 Å². The molecule has 14 aromatic carbocycles. The van der Waals surface area contributed by atoms with Crippen molar-refractivity contribution in [1.82, 2.24) is 0 Å². The number of hydrogen-bond donors (Lipinski definition) is 0. The number of benzene rings is 10. The van der Waals surface area contributed by atoms with Crippen LogP contribution in [0.3, 0.4) is 0 Å². The Morgan fingerprint density at radius 1 is 0.250 bits per heavy atom. The topological polar surface area (TPSA) is 0 Å². The predicted octanol–water partition coefficient (Wildman–Crippen LogP) is 9.84. The zero-order valence-corrected chi connectivity index (χ0v) is 51.1. The second kappa shape index (κ2) is 29.5. The van der Waals surface area contributed by atoms with Crippen LogP contribution in [0.25, 0.3) is 64.6 Å². The number of hydrogen-bond acceptors (Lipinski definition) is 0. The number of halogens is 2. The second-order valence-electron chi connectivity index (χ2n) is 18.1. The van der Waals surface area contributed by atoms with Gasteiger partial charge < -0.3 is 24.8 Å². The maximum atomic E-state index is 2.25. The molecule has 0 fully saturated rings. The average Bonchev–Trinajstić information content (AvgIpc) is 4.27. The first kappa shape index (κ1) is 57.6. The first-order chi connectivity index (χ1) is 36.4. The first-order valence-corrected chi connectivity index (χ1v) is 35.5. The molecule has 0 N–H and O–H groups in total. The fourth-order valence-corrected chi connectivity index (χ4v) is 16.9. The summed E-state index contributed by atoms with van der Waals surface area (Å²) in [5, 5.41) is 22.3. The molecule has 0 radical (unpaired) electrons. The predicted molar refractivity (Wildman–Crippen MR) is 318 cm³/mol. The molecule has 0 bridgehead atoms. The minimum Gasteiger partial charge on any atom is -0.126 e. The Bertz CT molecular complexity index is 3570. The molecule has 6 heteroatoms. The van der Waals surface area contributed by atoms with E-state index in [9.17, 15) is 0 Å². The summed E-state index contributed by atoms with van der Waals surface area (Å²) < 4.78 is 0. The number of fused-ring (bicyclic) bond motifs is 8. The van der Waals surface area contributed by atoms with Gasteiger partial charge in [-0.05, 0) is 0 Å². The summed E-state index contributed by atoms with van der Waals surface area (Å²) in [7, 11) is 0. The monoisotopic (exact) mass is 1200 g/mol. The van der Waals surface area contributed by atoms with Gasteiger partial charge in [-0.15, -0.1) is 150 Å². The molecule has 0 aliphatic heterocycles. The molecule has 368 valence electrons. The van der Waals surface area contributed by atoms with Crippen LogP contribution in [0.15, 0.2) is 303 Å². The molecule has 0 unspecified atom stereocenters. The Hall–Kier alpha value is -6.06. The van der Waals surface area contributed by atoms with Gasteiger partial charge >= 0.3 is 200 Å². The third-order valence-corrected chi connectivity index (χ3v) is 25.3. The summed E-state index contributed by atoms with van der Waals surface area (Å²) >= 11 is 3.29. The van der Waals surface area contributed by atoms with Gasteiger partial charge in [-0.1, -0.05) is 98.8 Å². The van der Waals surface area contributed by atoms with Crippen LogP contribution in [0, 0.1) is 13.8 Å². The van der Waals surface area contributed by atoms with Crippen molar-refractivity contribution in [3.63, 3.8) is 0 Å². The minimum absolute atomic E-state index is 0. The maximum Gasteiger partial charge on any atom is -0.0771 e. The van der Waals surface area contributed by atoms with Crippen LogP contribution in [0.5, 0.6) is 0 Å². The van der Waals surface area contributed by atoms with Crippen LogP contribution >= 0.6 is 0 Å². The minimum atomic E-state index is -0.455. The summed E-state index contributed by atoms with van der Waals surface area (Å²) in [4.78, 5) is 0. The first-order valence-electron chi connectivity index (χ1n) is 25.1. The Kier molecular flexibility index (Phi) is 22.3. The van der Waals surface area contributed by atoms with Crippen molar-refractivity contribution in [2.75, 3.05) is 0 Å². The Morgan fingerprint density at radius 2 is 0.447 bits per heavy atom. The molecule has 14 aromatic rings. The molecule has 0 nitrogen and oxygen atoms in total. The zero-order chi connectivity index (χ0) is 50.9. The normalized spacial score (nSPS) is 10.2. The van der Waals surface area contributed by atoms with Crippen LogP contribution < -0.4 is 45.6 Å². The van der Waals surface area contributed by atoms with Gasteiger partial charge in [0.1, 0.15) is 0 Å². The standard InChI is InChI=1S/2C13H9.2C12H10Si.2C10H9.2ClH.2Zr/c2*1-3-7-12-10(5-1)9-11-6-2-4-8-13(11)12;2*1-3-7-11(8-4-1)13-12-9-5-2-6-10-12;2*1-8-6-7-9-4-2-3-5-10(8)9;;;;/h2*1-9H;2*1-10H;2*2-7H,1H3;2*1H;;/q2*-1;;;2*-1;;;2*+2/p-2. The van der Waals surface area contributed by atoms with Crippen molar-refractivity contribution in [1.29, 1.82) is 0 Å². The van der Waals surface area contributed by atoms with Gasteiger partial charge in [-0.25, -0.2) is 0 Å².